The van der Waals surface area contributed by atoms with Gasteiger partial charge in [-0.25, -0.2) is 4.57 Å². The molecular weight excluding hydrogens is 460 g/mol. The minimum Gasteiger partial charge on any atom is -0.224 e. The van der Waals surface area contributed by atoms with Crippen molar-refractivity contribution in [2.45, 2.75) is 97.4 Å². The van der Waals surface area contributed by atoms with Crippen molar-refractivity contribution in [2.24, 2.45) is 0 Å². The highest BCUT2D eigenvalue weighted by Gasteiger charge is 2.55. The van der Waals surface area contributed by atoms with E-state index in [0.29, 0.717) is 5.92 Å². The molecule has 0 saturated carbocycles. The maximum absolute atomic E-state index is 2.60. The molecule has 0 fully saturated rings. The van der Waals surface area contributed by atoms with Gasteiger partial charge in [-0.3, -0.25) is 0 Å². The quantitative estimate of drug-likeness (QED) is 0.239. The summed E-state index contributed by atoms with van der Waals surface area (Å²) in [6, 6.07) is 25.0. The van der Waals surface area contributed by atoms with E-state index in [1.165, 1.54) is 44.9 Å². The van der Waals surface area contributed by atoms with Gasteiger partial charge >= 0.3 is 0 Å². The van der Waals surface area contributed by atoms with Crippen LogP contribution < -0.4 is 4.57 Å². The van der Waals surface area contributed by atoms with Crippen molar-refractivity contribution in [1.82, 2.24) is 4.57 Å². The molecule has 1 aromatic heterocycles. The van der Waals surface area contributed by atoms with Gasteiger partial charge < -0.3 is 0 Å². The first-order chi connectivity index (χ1) is 18.0. The third-order valence-corrected chi connectivity index (χ3v) is 9.67. The maximum Gasteiger partial charge on any atom is 0.294 e. The van der Waals surface area contributed by atoms with Gasteiger partial charge in [0.25, 0.3) is 5.82 Å². The summed E-state index contributed by atoms with van der Waals surface area (Å²) in [4.78, 5) is 0. The van der Waals surface area contributed by atoms with Crippen LogP contribution in [0.5, 0.6) is 0 Å². The molecule has 38 heavy (non-hydrogen) atoms. The summed E-state index contributed by atoms with van der Waals surface area (Å²) in [6.07, 6.45) is 6.82. The van der Waals surface area contributed by atoms with Crippen LogP contribution in [0.1, 0.15) is 97.8 Å². The number of fused-ring (bicyclic) bond motifs is 3. The lowest BCUT2D eigenvalue weighted by atomic mass is 9.60. The molecule has 198 valence electrons. The minimum atomic E-state index is -0.0501. The van der Waals surface area contributed by atoms with Crippen LogP contribution in [0.15, 0.2) is 79.1 Å². The highest BCUT2D eigenvalue weighted by Crippen LogP contribution is 2.51. The van der Waals surface area contributed by atoms with Gasteiger partial charge in [-0.15, -0.1) is 0 Å². The Balaban J connectivity index is 1.90. The maximum atomic E-state index is 2.60. The number of nitrogens with zero attached hydrogens (tertiary/aromatic N) is 2. The van der Waals surface area contributed by atoms with E-state index in [-0.39, 0.29) is 16.4 Å². The smallest absolute Gasteiger partial charge is 0.224 e. The lowest BCUT2D eigenvalue weighted by Gasteiger charge is -2.48. The fourth-order valence-electron chi connectivity index (χ4n) is 6.73. The molecule has 2 unspecified atom stereocenters. The Morgan fingerprint density at radius 2 is 1.55 bits per heavy atom. The Labute approximate surface area is 230 Å². The van der Waals surface area contributed by atoms with Gasteiger partial charge in [-0.2, -0.15) is 4.57 Å². The molecular formula is C36H45N2+. The summed E-state index contributed by atoms with van der Waals surface area (Å²) in [5, 5.41) is 0. The number of hydrogen-bond donors (Lipinski definition) is 0. The molecule has 0 N–H and O–H groups in total. The third kappa shape index (κ3) is 3.79. The lowest BCUT2D eigenvalue weighted by molar-refractivity contribution is -0.764. The van der Waals surface area contributed by atoms with Gasteiger partial charge in [-0.1, -0.05) is 116 Å². The minimum absolute atomic E-state index is 0.0159. The fourth-order valence-corrected chi connectivity index (χ4v) is 6.73. The summed E-state index contributed by atoms with van der Waals surface area (Å²) >= 11 is 0. The fraction of sp³-hybridized carbons (Fsp3) is 0.417. The van der Waals surface area contributed by atoms with E-state index in [2.05, 4.69) is 151 Å². The van der Waals surface area contributed by atoms with Gasteiger partial charge in [-0.05, 0) is 53.9 Å². The van der Waals surface area contributed by atoms with Crippen molar-refractivity contribution in [3.63, 3.8) is 0 Å². The van der Waals surface area contributed by atoms with Crippen LogP contribution in [0.2, 0.25) is 0 Å². The van der Waals surface area contributed by atoms with Crippen LogP contribution in [0, 0.1) is 0 Å². The standard InChI is InChI=1S/C36H45N2/c1-10-35(8)31-24-27(34(5,6)7)20-21-30(31)33-37(22-23-38(33)36(35,9)11-2)32-28(25(3)4)18-15-19-29(32)26-16-13-12-14-17-26/h12-25H,10-11H2,1-9H3/q+1. The van der Waals surface area contributed by atoms with Crippen LogP contribution in [0.3, 0.4) is 0 Å². The topological polar surface area (TPSA) is 8.81 Å². The third-order valence-electron chi connectivity index (χ3n) is 9.67. The first-order valence-electron chi connectivity index (χ1n) is 14.5. The van der Waals surface area contributed by atoms with Crippen molar-refractivity contribution in [1.29, 1.82) is 0 Å². The number of rotatable bonds is 5. The van der Waals surface area contributed by atoms with Crippen molar-refractivity contribution in [2.75, 3.05) is 0 Å². The van der Waals surface area contributed by atoms with Gasteiger partial charge in [0, 0.05) is 16.5 Å². The summed E-state index contributed by atoms with van der Waals surface area (Å²) < 4.78 is 5.10. The molecule has 2 heterocycles. The summed E-state index contributed by atoms with van der Waals surface area (Å²) in [5.74, 6) is 1.70. The molecule has 2 heteroatoms. The molecule has 0 radical (unpaired) electrons. The summed E-state index contributed by atoms with van der Waals surface area (Å²) in [7, 11) is 0. The molecule has 0 spiro atoms. The van der Waals surface area contributed by atoms with Crippen LogP contribution >= 0.6 is 0 Å². The summed E-state index contributed by atoms with van der Waals surface area (Å²) in [5.41, 5.74) is 9.54. The number of benzene rings is 3. The molecule has 4 aromatic rings. The molecule has 3 aromatic carbocycles. The zero-order chi connectivity index (χ0) is 27.5. The van der Waals surface area contributed by atoms with E-state index >= 15 is 0 Å². The molecule has 0 saturated heterocycles. The van der Waals surface area contributed by atoms with Crippen LogP contribution in [-0.2, 0) is 16.4 Å². The molecule has 5 rings (SSSR count). The normalized spacial score (nSPS) is 20.9. The van der Waals surface area contributed by atoms with E-state index in [1.807, 2.05) is 0 Å². The van der Waals surface area contributed by atoms with Gasteiger partial charge in [0.1, 0.15) is 23.6 Å². The Bertz CT molecular complexity index is 1470. The highest BCUT2D eigenvalue weighted by atomic mass is 15.2. The first-order valence-corrected chi connectivity index (χ1v) is 14.5. The van der Waals surface area contributed by atoms with E-state index < -0.39 is 0 Å². The zero-order valence-corrected chi connectivity index (χ0v) is 24.9. The van der Waals surface area contributed by atoms with Gasteiger partial charge in [0.2, 0.25) is 0 Å². The zero-order valence-electron chi connectivity index (χ0n) is 24.9. The van der Waals surface area contributed by atoms with Crippen LogP contribution in [-0.4, -0.2) is 4.57 Å². The average Bonchev–Trinajstić information content (AvgIpc) is 3.36. The van der Waals surface area contributed by atoms with Crippen molar-refractivity contribution < 1.29 is 4.57 Å². The number of aromatic nitrogens is 2. The van der Waals surface area contributed by atoms with E-state index in [9.17, 15) is 0 Å². The average molecular weight is 506 g/mol. The Morgan fingerprint density at radius 3 is 2.16 bits per heavy atom. The molecule has 1 aliphatic rings. The molecule has 0 bridgehead atoms. The number of para-hydroxylation sites is 1. The van der Waals surface area contributed by atoms with Crippen LogP contribution in [0.4, 0.5) is 0 Å². The highest BCUT2D eigenvalue weighted by molar-refractivity contribution is 5.78. The molecule has 1 aliphatic heterocycles. The SMILES string of the molecule is CCC1(C)c2cc(C(C)(C)C)ccc2-c2n(-c3c(-c4ccccc4)cccc3C(C)C)cc[n+]2C1(C)CC. The molecule has 2 atom stereocenters. The molecule has 2 nitrogen and oxygen atoms in total. The Kier molecular flexibility index (Phi) is 6.45. The van der Waals surface area contributed by atoms with Crippen molar-refractivity contribution >= 4 is 0 Å². The lowest BCUT2D eigenvalue weighted by Crippen LogP contribution is -2.67. The summed E-state index contributed by atoms with van der Waals surface area (Å²) in [6.45, 7) is 21.3. The Morgan fingerprint density at radius 1 is 0.842 bits per heavy atom. The molecule has 0 aliphatic carbocycles. The van der Waals surface area contributed by atoms with E-state index in [1.54, 1.807) is 0 Å². The monoisotopic (exact) mass is 505 g/mol. The first kappa shape index (κ1) is 26.5. The van der Waals surface area contributed by atoms with Crippen LogP contribution in [0.25, 0.3) is 28.2 Å². The van der Waals surface area contributed by atoms with E-state index in [4.69, 9.17) is 0 Å². The van der Waals surface area contributed by atoms with Gasteiger partial charge in [0.15, 0.2) is 0 Å². The number of hydrogen-bond acceptors (Lipinski definition) is 0. The second-order valence-electron chi connectivity index (χ2n) is 12.9. The van der Waals surface area contributed by atoms with Gasteiger partial charge in [0.05, 0.1) is 5.56 Å². The number of imidazole rings is 1. The second kappa shape index (κ2) is 9.26. The Hall–Kier alpha value is -3.13. The molecule has 0 amide bonds. The van der Waals surface area contributed by atoms with E-state index in [0.717, 1.165) is 12.8 Å². The van der Waals surface area contributed by atoms with Crippen molar-refractivity contribution in [3.05, 3.63) is 95.8 Å². The second-order valence-corrected chi connectivity index (χ2v) is 12.9. The predicted molar refractivity (Wildman–Crippen MR) is 161 cm³/mol. The largest absolute Gasteiger partial charge is 0.294 e. The van der Waals surface area contributed by atoms with Crippen molar-refractivity contribution in [3.8, 4) is 28.2 Å². The predicted octanol–water partition coefficient (Wildman–Crippen LogP) is 9.33.